The van der Waals surface area contributed by atoms with E-state index in [0.717, 1.165) is 10.8 Å². The molecule has 172 valence electrons. The molecule has 1 aromatic heterocycles. The molecule has 2 rings (SSSR count). The fraction of sp³-hybridized carbons (Fsp3) is 0.600. The average Bonchev–Trinajstić information content (AvgIpc) is 2.81. The zero-order chi connectivity index (χ0) is 23.1. The Morgan fingerprint density at radius 3 is 2.03 bits per heavy atom. The first-order valence-corrected chi connectivity index (χ1v) is 11.9. The summed E-state index contributed by atoms with van der Waals surface area (Å²) >= 11 is 0. The number of aryl methyl sites for hydroxylation is 1. The van der Waals surface area contributed by atoms with Gasteiger partial charge >= 0.3 is 81.1 Å². The van der Waals surface area contributed by atoms with Crippen LogP contribution in [0.1, 0.15) is 11.7 Å². The van der Waals surface area contributed by atoms with Crippen LogP contribution in [-0.4, -0.2) is 44.7 Å². The van der Waals surface area contributed by atoms with Gasteiger partial charge in [-0.1, -0.05) is 0 Å². The Morgan fingerprint density at radius 2 is 1.53 bits per heavy atom. The molecule has 0 amide bonds. The molecule has 0 spiro atoms. The van der Waals surface area contributed by atoms with E-state index in [1.807, 2.05) is 4.98 Å². The second kappa shape index (κ2) is 15.1. The van der Waals surface area contributed by atoms with Gasteiger partial charge < -0.3 is 48.2 Å². The molecule has 1 aliphatic heterocycles. The molecule has 0 aromatic carbocycles. The predicted octanol–water partition coefficient (Wildman–Crippen LogP) is -16.9. The van der Waals surface area contributed by atoms with Crippen LogP contribution in [0.3, 0.4) is 0 Å². The number of phosphoric ester groups is 1. The number of phosphoric acid groups is 3. The van der Waals surface area contributed by atoms with Crippen LogP contribution in [0.4, 0.5) is 0 Å². The molecule has 3 N–H and O–H groups in total. The van der Waals surface area contributed by atoms with Crippen molar-refractivity contribution in [2.75, 3.05) is 6.61 Å². The standard InChI is InChI=1S/C10H17N2O15P3.4Li/c1-12-2-4(9(15)11-10(12)16)8-7(14)6(13)5(25-8)3-24-29(20,21)27-30(22,23)26-28(17,18)19;;;;/h2,5-8,13-14H,3H2,1H3,(H,20,21)(H,22,23)(H,11,15,16)(H2,17,18,19);;;;/q;4*+1/p-4. The number of aromatic amines is 1. The van der Waals surface area contributed by atoms with Gasteiger partial charge in [-0.05, 0) is 0 Å². The van der Waals surface area contributed by atoms with Gasteiger partial charge in [0.25, 0.3) is 21.2 Å². The first-order chi connectivity index (χ1) is 13.5. The van der Waals surface area contributed by atoms with Crippen molar-refractivity contribution in [2.24, 2.45) is 7.05 Å². The first-order valence-electron chi connectivity index (χ1n) is 7.54. The molecule has 1 aliphatic rings. The van der Waals surface area contributed by atoms with Crippen molar-refractivity contribution in [3.8, 4) is 0 Å². The summed E-state index contributed by atoms with van der Waals surface area (Å²) < 4.78 is 49.4. The Kier molecular flexibility index (Phi) is 17.7. The van der Waals surface area contributed by atoms with Gasteiger partial charge in [-0.3, -0.25) is 23.2 Å². The number of nitrogens with one attached hydrogen (secondary N) is 1. The number of aromatic nitrogens is 2. The van der Waals surface area contributed by atoms with E-state index in [1.165, 1.54) is 7.05 Å². The molecular weight excluding hydrogens is 509 g/mol. The average molecular weight is 522 g/mol. The summed E-state index contributed by atoms with van der Waals surface area (Å²) in [6.45, 7) is -1.16. The van der Waals surface area contributed by atoms with E-state index in [-0.39, 0.29) is 81.0 Å². The van der Waals surface area contributed by atoms with Gasteiger partial charge in [-0.15, -0.1) is 0 Å². The molecule has 24 heteroatoms. The third kappa shape index (κ3) is 11.4. The van der Waals surface area contributed by atoms with E-state index in [1.54, 1.807) is 0 Å². The molecule has 6 atom stereocenters. The van der Waals surface area contributed by atoms with E-state index in [2.05, 4.69) is 13.1 Å². The molecular formula is C10H13Li4N2O15P3. The fourth-order valence-corrected chi connectivity index (χ4v) is 5.24. The van der Waals surface area contributed by atoms with E-state index in [9.17, 15) is 53.1 Å². The maximum atomic E-state index is 11.9. The third-order valence-electron chi connectivity index (χ3n) is 3.60. The summed E-state index contributed by atoms with van der Waals surface area (Å²) in [6, 6.07) is 0. The number of rotatable bonds is 8. The Morgan fingerprint density at radius 1 is 1.00 bits per heavy atom. The molecule has 1 aromatic rings. The minimum atomic E-state index is -6.17. The van der Waals surface area contributed by atoms with Gasteiger partial charge in [0.1, 0.15) is 24.4 Å². The van der Waals surface area contributed by atoms with Gasteiger partial charge in [0.2, 0.25) is 0 Å². The van der Waals surface area contributed by atoms with Crippen LogP contribution >= 0.6 is 23.5 Å². The Bertz CT molecular complexity index is 1060. The van der Waals surface area contributed by atoms with Crippen LogP contribution in [0.5, 0.6) is 0 Å². The molecule has 6 unspecified atom stereocenters. The Balaban J connectivity index is -0.00000240. The van der Waals surface area contributed by atoms with Crippen LogP contribution in [0, 0.1) is 0 Å². The number of hydrogen-bond donors (Lipinski definition) is 3. The number of aliphatic hydroxyl groups excluding tert-OH is 2. The first kappa shape index (κ1) is 39.9. The van der Waals surface area contributed by atoms with Crippen molar-refractivity contribution in [3.63, 3.8) is 0 Å². The normalized spacial score (nSPS) is 25.4. The Hall–Kier alpha value is 1.36. The van der Waals surface area contributed by atoms with E-state index in [4.69, 9.17) is 4.74 Å². The van der Waals surface area contributed by atoms with E-state index in [0.29, 0.717) is 0 Å². The summed E-state index contributed by atoms with van der Waals surface area (Å²) in [4.78, 5) is 68.3. The minimum absolute atomic E-state index is 0. The largest absolute Gasteiger partial charge is 1.00 e. The molecule has 1 fully saturated rings. The van der Waals surface area contributed by atoms with Crippen molar-refractivity contribution in [1.29, 1.82) is 0 Å². The van der Waals surface area contributed by atoms with Crippen LogP contribution < -0.4 is 106 Å². The summed E-state index contributed by atoms with van der Waals surface area (Å²) in [5.74, 6) is 0. The fourth-order valence-electron chi connectivity index (χ4n) is 2.38. The smallest absolute Gasteiger partial charge is 0.790 e. The summed E-state index contributed by atoms with van der Waals surface area (Å²) in [7, 11) is -16.9. The van der Waals surface area contributed by atoms with Crippen molar-refractivity contribution in [1.82, 2.24) is 9.55 Å². The summed E-state index contributed by atoms with van der Waals surface area (Å²) in [6.07, 6.45) is -5.81. The number of aliphatic hydroxyl groups is 2. The second-order valence-corrected chi connectivity index (χ2v) is 10.1. The SMILES string of the molecule is Cn1cc(C2OC(COP(=O)([O-])OP(=O)([O-])OP(=O)([O-])[O-])C(O)C2O)c(=O)[nH]c1=O.[Li+].[Li+].[Li+].[Li+]. The maximum absolute atomic E-state index is 11.9. The second-order valence-electron chi connectivity index (χ2n) is 5.83. The van der Waals surface area contributed by atoms with Gasteiger partial charge in [-0.25, -0.2) is 9.11 Å². The van der Waals surface area contributed by atoms with Crippen LogP contribution in [0.15, 0.2) is 15.8 Å². The zero-order valence-corrected chi connectivity index (χ0v) is 21.3. The molecule has 1 saturated heterocycles. The molecule has 0 bridgehead atoms. The van der Waals surface area contributed by atoms with E-state index >= 15 is 0 Å². The minimum Gasteiger partial charge on any atom is -0.790 e. The number of nitrogens with zero attached hydrogens (tertiary/aromatic N) is 1. The quantitative estimate of drug-likeness (QED) is 0.211. The van der Waals surface area contributed by atoms with Crippen molar-refractivity contribution in [2.45, 2.75) is 24.4 Å². The molecule has 34 heavy (non-hydrogen) atoms. The predicted molar refractivity (Wildman–Crippen MR) is 82.9 cm³/mol. The van der Waals surface area contributed by atoms with Crippen LogP contribution in [-0.2, 0) is 38.6 Å². The van der Waals surface area contributed by atoms with Gasteiger partial charge in [0, 0.05) is 13.2 Å². The zero-order valence-electron chi connectivity index (χ0n) is 18.6. The molecule has 0 saturated carbocycles. The molecule has 2 heterocycles. The number of hydrogen-bond acceptors (Lipinski definition) is 15. The van der Waals surface area contributed by atoms with Crippen LogP contribution in [0.2, 0.25) is 0 Å². The molecule has 17 nitrogen and oxygen atoms in total. The van der Waals surface area contributed by atoms with Crippen molar-refractivity contribution < 1.29 is 137 Å². The third-order valence-corrected chi connectivity index (χ3v) is 7.27. The topological polar surface area (TPSA) is 276 Å². The summed E-state index contributed by atoms with van der Waals surface area (Å²) in [5.41, 5.74) is -2.05. The van der Waals surface area contributed by atoms with Gasteiger partial charge in [0.05, 0.1) is 20.0 Å². The van der Waals surface area contributed by atoms with Crippen LogP contribution in [0.25, 0.3) is 0 Å². The maximum Gasteiger partial charge on any atom is 1.00 e. The summed E-state index contributed by atoms with van der Waals surface area (Å²) in [5, 5.41) is 20.0. The van der Waals surface area contributed by atoms with Crippen molar-refractivity contribution >= 4 is 23.5 Å². The number of ether oxygens (including phenoxy) is 1. The number of H-pyrrole nitrogens is 1. The Labute approximate surface area is 239 Å². The van der Waals surface area contributed by atoms with Gasteiger partial charge in [-0.2, -0.15) is 0 Å². The monoisotopic (exact) mass is 522 g/mol. The van der Waals surface area contributed by atoms with Gasteiger partial charge in [0.15, 0.2) is 0 Å². The molecule has 0 aliphatic carbocycles. The molecule has 0 radical (unpaired) electrons. The van der Waals surface area contributed by atoms with Crippen molar-refractivity contribution in [3.05, 3.63) is 32.6 Å². The van der Waals surface area contributed by atoms with E-state index < -0.39 is 65.7 Å².